The minimum absolute atomic E-state index is 0.111. The van der Waals surface area contributed by atoms with Crippen LogP contribution in [-0.2, 0) is 4.79 Å². The molecular formula is C12H16N6O. The van der Waals surface area contributed by atoms with Gasteiger partial charge in [-0.3, -0.25) is 4.79 Å². The van der Waals surface area contributed by atoms with Crippen LogP contribution in [0, 0.1) is 0 Å². The van der Waals surface area contributed by atoms with Crippen LogP contribution in [0.3, 0.4) is 0 Å². The van der Waals surface area contributed by atoms with Crippen molar-refractivity contribution in [3.8, 4) is 11.4 Å². The fourth-order valence-electron chi connectivity index (χ4n) is 1.42. The summed E-state index contributed by atoms with van der Waals surface area (Å²) in [4.78, 5) is 12.0. The highest BCUT2D eigenvalue weighted by atomic mass is 16.2. The molecule has 0 saturated heterocycles. The van der Waals surface area contributed by atoms with Gasteiger partial charge in [0, 0.05) is 11.3 Å². The number of rotatable bonds is 4. The number of hydrogen-bond donors (Lipinski definition) is 3. The Hall–Kier alpha value is -2.28. The summed E-state index contributed by atoms with van der Waals surface area (Å²) < 4.78 is 0. The van der Waals surface area contributed by atoms with Crippen LogP contribution >= 0.6 is 0 Å². The van der Waals surface area contributed by atoms with Gasteiger partial charge in [-0.05, 0) is 38.2 Å². The number of aromatic nitrogens is 4. The summed E-state index contributed by atoms with van der Waals surface area (Å²) in [5, 5.41) is 19.5. The normalized spacial score (nSPS) is 11.3. The number of likely N-dealkylation sites (N-methyl/N-ethyl adjacent to an activating group) is 1. The number of nitrogens with one attached hydrogen (secondary N) is 3. The van der Waals surface area contributed by atoms with E-state index >= 15 is 0 Å². The molecule has 3 N–H and O–H groups in total. The molecule has 1 amide bonds. The third kappa shape index (κ3) is 2.94. The van der Waals surface area contributed by atoms with Crippen LogP contribution in [0.4, 0.5) is 5.69 Å². The molecule has 0 atom stereocenters. The van der Waals surface area contributed by atoms with Crippen molar-refractivity contribution < 1.29 is 4.79 Å². The molecule has 7 nitrogen and oxygen atoms in total. The number of carbonyl (C=O) groups excluding carboxylic acids is 1. The molecule has 0 unspecified atom stereocenters. The smallest absolute Gasteiger partial charge is 0.244 e. The monoisotopic (exact) mass is 260 g/mol. The second kappa shape index (κ2) is 5.15. The van der Waals surface area contributed by atoms with E-state index in [1.54, 1.807) is 13.1 Å². The van der Waals surface area contributed by atoms with E-state index in [2.05, 4.69) is 31.3 Å². The number of carbonyl (C=O) groups is 1. The second-order valence-corrected chi connectivity index (χ2v) is 4.65. The number of amides is 1. The first-order valence-electron chi connectivity index (χ1n) is 5.87. The van der Waals surface area contributed by atoms with Crippen molar-refractivity contribution in [2.75, 3.05) is 12.4 Å². The molecule has 0 saturated carbocycles. The molecule has 0 spiro atoms. The number of H-pyrrole nitrogens is 1. The van der Waals surface area contributed by atoms with E-state index < -0.39 is 5.54 Å². The molecule has 0 aliphatic carbocycles. The van der Waals surface area contributed by atoms with Crippen molar-refractivity contribution >= 4 is 11.6 Å². The van der Waals surface area contributed by atoms with E-state index in [0.29, 0.717) is 11.5 Å². The maximum absolute atomic E-state index is 12.0. The topological polar surface area (TPSA) is 95.6 Å². The number of tetrazole rings is 1. The quantitative estimate of drug-likeness (QED) is 0.755. The molecule has 1 aromatic carbocycles. The van der Waals surface area contributed by atoms with E-state index in [0.717, 1.165) is 5.56 Å². The van der Waals surface area contributed by atoms with Crippen LogP contribution in [0.1, 0.15) is 13.8 Å². The van der Waals surface area contributed by atoms with Gasteiger partial charge in [0.25, 0.3) is 0 Å². The second-order valence-electron chi connectivity index (χ2n) is 4.65. The lowest BCUT2D eigenvalue weighted by Gasteiger charge is -2.22. The predicted octanol–water partition coefficient (Wildman–Crippen LogP) is 0.803. The van der Waals surface area contributed by atoms with Crippen LogP contribution < -0.4 is 10.6 Å². The van der Waals surface area contributed by atoms with Crippen LogP contribution in [0.2, 0.25) is 0 Å². The minimum atomic E-state index is -0.637. The van der Waals surface area contributed by atoms with Crippen LogP contribution in [0.25, 0.3) is 11.4 Å². The Labute approximate surface area is 110 Å². The summed E-state index contributed by atoms with van der Waals surface area (Å²) in [5.74, 6) is 0.379. The van der Waals surface area contributed by atoms with Crippen molar-refractivity contribution in [3.63, 3.8) is 0 Å². The maximum atomic E-state index is 12.0. The molecule has 1 heterocycles. The van der Waals surface area contributed by atoms with Gasteiger partial charge in [-0.25, -0.2) is 0 Å². The number of nitrogens with zero attached hydrogens (tertiary/aromatic N) is 3. The number of benzene rings is 1. The van der Waals surface area contributed by atoms with Gasteiger partial charge in [0.2, 0.25) is 11.7 Å². The first-order valence-corrected chi connectivity index (χ1v) is 5.87. The lowest BCUT2D eigenvalue weighted by atomic mass is 10.0. The van der Waals surface area contributed by atoms with Gasteiger partial charge < -0.3 is 10.6 Å². The average molecular weight is 260 g/mol. The molecule has 1 aromatic heterocycles. The molecular weight excluding hydrogens is 244 g/mol. The van der Waals surface area contributed by atoms with Crippen molar-refractivity contribution in [1.29, 1.82) is 0 Å². The highest BCUT2D eigenvalue weighted by Gasteiger charge is 2.25. The largest absolute Gasteiger partial charge is 0.324 e. The molecule has 0 fully saturated rings. The molecule has 0 aliphatic heterocycles. The molecule has 2 aromatic rings. The Morgan fingerprint density at radius 3 is 2.79 bits per heavy atom. The summed E-state index contributed by atoms with van der Waals surface area (Å²) in [6.07, 6.45) is 0. The fourth-order valence-corrected chi connectivity index (χ4v) is 1.42. The Morgan fingerprint density at radius 1 is 1.37 bits per heavy atom. The third-order valence-corrected chi connectivity index (χ3v) is 2.92. The lowest BCUT2D eigenvalue weighted by Crippen LogP contribution is -2.47. The number of aromatic amines is 1. The highest BCUT2D eigenvalue weighted by molar-refractivity contribution is 5.97. The van der Waals surface area contributed by atoms with Crippen LogP contribution in [-0.4, -0.2) is 39.1 Å². The number of anilines is 1. The Bertz CT molecular complexity index is 563. The lowest BCUT2D eigenvalue weighted by molar-refractivity contribution is -0.121. The molecule has 100 valence electrons. The Morgan fingerprint density at radius 2 is 2.16 bits per heavy atom. The molecule has 0 radical (unpaired) electrons. The molecule has 0 bridgehead atoms. The standard InChI is InChI=1S/C12H16N6O/c1-12(2,13-3)11(19)14-9-6-4-5-8(7-9)10-15-17-18-16-10/h4-7,13H,1-3H3,(H,14,19)(H,15,16,17,18). The van der Waals surface area contributed by atoms with E-state index in [-0.39, 0.29) is 5.91 Å². The van der Waals surface area contributed by atoms with Gasteiger partial charge in [-0.1, -0.05) is 12.1 Å². The third-order valence-electron chi connectivity index (χ3n) is 2.92. The van der Waals surface area contributed by atoms with Crippen molar-refractivity contribution in [2.45, 2.75) is 19.4 Å². The zero-order valence-corrected chi connectivity index (χ0v) is 11.1. The average Bonchev–Trinajstić information content (AvgIpc) is 2.93. The summed E-state index contributed by atoms with van der Waals surface area (Å²) in [7, 11) is 1.75. The van der Waals surface area contributed by atoms with Crippen LogP contribution in [0.5, 0.6) is 0 Å². The first kappa shape index (κ1) is 13.2. The van der Waals surface area contributed by atoms with Crippen molar-refractivity contribution in [1.82, 2.24) is 25.9 Å². The summed E-state index contributed by atoms with van der Waals surface area (Å²) in [5.41, 5.74) is 0.840. The van der Waals surface area contributed by atoms with Gasteiger partial charge in [0.15, 0.2) is 0 Å². The molecule has 2 rings (SSSR count). The first-order chi connectivity index (χ1) is 9.03. The Balaban J connectivity index is 2.19. The summed E-state index contributed by atoms with van der Waals surface area (Å²) >= 11 is 0. The maximum Gasteiger partial charge on any atom is 0.244 e. The summed E-state index contributed by atoms with van der Waals surface area (Å²) in [6, 6.07) is 7.29. The minimum Gasteiger partial charge on any atom is -0.324 e. The zero-order valence-electron chi connectivity index (χ0n) is 11.1. The number of hydrogen-bond acceptors (Lipinski definition) is 5. The molecule has 7 heteroatoms. The van der Waals surface area contributed by atoms with Gasteiger partial charge >= 0.3 is 0 Å². The van der Waals surface area contributed by atoms with Crippen molar-refractivity contribution in [2.24, 2.45) is 0 Å². The SMILES string of the molecule is CNC(C)(C)C(=O)Nc1cccc(-c2nn[nH]n2)c1. The fraction of sp³-hybridized carbons (Fsp3) is 0.333. The highest BCUT2D eigenvalue weighted by Crippen LogP contribution is 2.19. The zero-order chi connectivity index (χ0) is 13.9. The summed E-state index contributed by atoms with van der Waals surface area (Å²) in [6.45, 7) is 3.62. The van der Waals surface area contributed by atoms with Gasteiger partial charge in [0.05, 0.1) is 5.54 Å². The van der Waals surface area contributed by atoms with Gasteiger partial charge in [-0.15, -0.1) is 10.2 Å². The van der Waals surface area contributed by atoms with E-state index in [1.807, 2.05) is 32.0 Å². The predicted molar refractivity (Wildman–Crippen MR) is 71.4 cm³/mol. The van der Waals surface area contributed by atoms with E-state index in [1.165, 1.54) is 0 Å². The molecule has 19 heavy (non-hydrogen) atoms. The molecule has 0 aliphatic rings. The Kier molecular flexibility index (Phi) is 3.57. The van der Waals surface area contributed by atoms with E-state index in [4.69, 9.17) is 0 Å². The van der Waals surface area contributed by atoms with Crippen molar-refractivity contribution in [3.05, 3.63) is 24.3 Å². The van der Waals surface area contributed by atoms with E-state index in [9.17, 15) is 4.79 Å². The van der Waals surface area contributed by atoms with Gasteiger partial charge in [0.1, 0.15) is 0 Å². The van der Waals surface area contributed by atoms with Crippen LogP contribution in [0.15, 0.2) is 24.3 Å². The van der Waals surface area contributed by atoms with Gasteiger partial charge in [-0.2, -0.15) is 5.21 Å².